The van der Waals surface area contributed by atoms with Crippen molar-refractivity contribution in [3.05, 3.63) is 29.8 Å². The molecule has 27 heavy (non-hydrogen) atoms. The fourth-order valence-corrected chi connectivity index (χ4v) is 3.59. The Hall–Kier alpha value is -1.60. The molecule has 1 aromatic carbocycles. The molecule has 0 aliphatic carbocycles. The first-order valence-corrected chi connectivity index (χ1v) is 11.6. The summed E-state index contributed by atoms with van der Waals surface area (Å²) in [5, 5.41) is 6.62. The van der Waals surface area contributed by atoms with Gasteiger partial charge in [-0.05, 0) is 58.7 Å². The Morgan fingerprint density at radius 2 is 1.67 bits per heavy atom. The first-order chi connectivity index (χ1) is 12.6. The lowest BCUT2D eigenvalue weighted by molar-refractivity contribution is 0.181. The highest BCUT2D eigenvalue weighted by atomic mass is 32.2. The number of rotatable bonds is 10. The molecule has 1 rings (SSSR count). The molecule has 6 nitrogen and oxygen atoms in total. The second kappa shape index (κ2) is 11.3. The van der Waals surface area contributed by atoms with Crippen LogP contribution >= 0.6 is 0 Å². The van der Waals surface area contributed by atoms with E-state index >= 15 is 0 Å². The van der Waals surface area contributed by atoms with Crippen molar-refractivity contribution in [2.45, 2.75) is 58.0 Å². The highest BCUT2D eigenvalue weighted by Crippen LogP contribution is 2.10. The second-order valence-electron chi connectivity index (χ2n) is 7.28. The molecule has 7 heteroatoms. The first-order valence-electron chi connectivity index (χ1n) is 9.72. The van der Waals surface area contributed by atoms with Crippen LogP contribution in [0.1, 0.15) is 40.2 Å². The zero-order valence-electron chi connectivity index (χ0n) is 17.6. The molecule has 0 heterocycles. The lowest BCUT2D eigenvalue weighted by atomic mass is 10.1. The highest BCUT2D eigenvalue weighted by molar-refractivity contribution is 7.90. The molecule has 0 saturated carbocycles. The fraction of sp³-hybridized carbons (Fsp3) is 0.650. The molecule has 0 saturated heterocycles. The fourth-order valence-electron chi connectivity index (χ4n) is 2.96. The van der Waals surface area contributed by atoms with Crippen LogP contribution in [0.2, 0.25) is 0 Å². The maximum atomic E-state index is 11.5. The molecule has 2 N–H and O–H groups in total. The zero-order valence-corrected chi connectivity index (χ0v) is 18.4. The number of benzene rings is 1. The van der Waals surface area contributed by atoms with E-state index in [1.807, 2.05) is 12.1 Å². The van der Waals surface area contributed by atoms with Crippen LogP contribution < -0.4 is 10.6 Å². The summed E-state index contributed by atoms with van der Waals surface area (Å²) in [6, 6.07) is 8.07. The number of hydrogen-bond donors (Lipinski definition) is 2. The van der Waals surface area contributed by atoms with Crippen LogP contribution in [0.25, 0.3) is 0 Å². The van der Waals surface area contributed by atoms with Gasteiger partial charge in [0.25, 0.3) is 0 Å². The van der Waals surface area contributed by atoms with Crippen molar-refractivity contribution < 1.29 is 8.42 Å². The van der Waals surface area contributed by atoms with Gasteiger partial charge in [-0.25, -0.2) is 8.42 Å². The van der Waals surface area contributed by atoms with E-state index in [9.17, 15) is 8.42 Å². The van der Waals surface area contributed by atoms with Gasteiger partial charge in [0.1, 0.15) is 0 Å². The molecule has 1 aromatic rings. The van der Waals surface area contributed by atoms with E-state index in [0.717, 1.165) is 44.1 Å². The maximum Gasteiger partial charge on any atom is 0.191 e. The predicted molar refractivity (Wildman–Crippen MR) is 114 cm³/mol. The monoisotopic (exact) mass is 396 g/mol. The Morgan fingerprint density at radius 1 is 1.07 bits per heavy atom. The van der Waals surface area contributed by atoms with Gasteiger partial charge >= 0.3 is 0 Å². The standard InChI is InChI=1S/C20H36N4O2S/c1-7-21-20(23-14-15-24(16(2)3)17(4)5)22-13-12-18-8-10-19(11-9-18)27(6,25)26/h8-11,16-17H,7,12-15H2,1-6H3,(H2,21,22,23). The van der Waals surface area contributed by atoms with E-state index in [2.05, 4.69) is 55.1 Å². The van der Waals surface area contributed by atoms with Crippen LogP contribution in [0, 0.1) is 0 Å². The van der Waals surface area contributed by atoms with Crippen LogP contribution in [0.3, 0.4) is 0 Å². The Bertz CT molecular complexity index is 674. The molecule has 0 aromatic heterocycles. The van der Waals surface area contributed by atoms with Crippen molar-refractivity contribution in [2.75, 3.05) is 32.4 Å². The summed E-state index contributed by atoms with van der Waals surface area (Å²) in [6.07, 6.45) is 2.03. The Balaban J connectivity index is 2.54. The van der Waals surface area contributed by atoms with Gasteiger partial charge in [-0.2, -0.15) is 0 Å². The van der Waals surface area contributed by atoms with Crippen LogP contribution in [-0.4, -0.2) is 63.8 Å². The van der Waals surface area contributed by atoms with Crippen molar-refractivity contribution in [1.29, 1.82) is 0 Å². The molecule has 0 bridgehead atoms. The molecule has 0 aliphatic rings. The summed E-state index contributed by atoms with van der Waals surface area (Å²) in [5.74, 6) is 0.817. The third-order valence-corrected chi connectivity index (χ3v) is 5.49. The average molecular weight is 397 g/mol. The van der Waals surface area contributed by atoms with Crippen molar-refractivity contribution in [3.8, 4) is 0 Å². The minimum absolute atomic E-state index is 0.356. The van der Waals surface area contributed by atoms with Gasteiger partial charge in [0.05, 0.1) is 11.4 Å². The Morgan fingerprint density at radius 3 is 2.15 bits per heavy atom. The van der Waals surface area contributed by atoms with E-state index in [4.69, 9.17) is 0 Å². The second-order valence-corrected chi connectivity index (χ2v) is 9.29. The van der Waals surface area contributed by atoms with Gasteiger partial charge in [-0.3, -0.25) is 9.89 Å². The first kappa shape index (κ1) is 23.4. The molecule has 0 aliphatic heterocycles. The zero-order chi connectivity index (χ0) is 20.4. The van der Waals surface area contributed by atoms with Crippen LogP contribution in [0.5, 0.6) is 0 Å². The number of aliphatic imine (C=N–C) groups is 1. The van der Waals surface area contributed by atoms with Gasteiger partial charge in [0, 0.05) is 38.0 Å². The van der Waals surface area contributed by atoms with Crippen LogP contribution in [0.4, 0.5) is 0 Å². The van der Waals surface area contributed by atoms with E-state index in [1.165, 1.54) is 6.26 Å². The van der Waals surface area contributed by atoms with Gasteiger partial charge in [-0.15, -0.1) is 0 Å². The molecule has 0 spiro atoms. The number of guanidine groups is 1. The summed E-state index contributed by atoms with van der Waals surface area (Å²) in [7, 11) is -3.14. The predicted octanol–water partition coefficient (Wildman–Crippen LogP) is 2.31. The number of nitrogens with one attached hydrogen (secondary N) is 2. The topological polar surface area (TPSA) is 73.8 Å². The maximum absolute atomic E-state index is 11.5. The van der Waals surface area contributed by atoms with E-state index < -0.39 is 9.84 Å². The largest absolute Gasteiger partial charge is 0.357 e. The SMILES string of the molecule is CCNC(=NCCN(C(C)C)C(C)C)NCCc1ccc(S(C)(=O)=O)cc1. The summed E-state index contributed by atoms with van der Waals surface area (Å²) in [6.45, 7) is 14.1. The molecule has 0 unspecified atom stereocenters. The quantitative estimate of drug-likeness (QED) is 0.469. The summed E-state index contributed by atoms with van der Waals surface area (Å²) in [4.78, 5) is 7.45. The normalized spacial score (nSPS) is 12.9. The number of hydrogen-bond acceptors (Lipinski definition) is 4. The molecule has 0 fully saturated rings. The molecule has 0 amide bonds. The van der Waals surface area contributed by atoms with Crippen molar-refractivity contribution >= 4 is 15.8 Å². The van der Waals surface area contributed by atoms with Crippen molar-refractivity contribution in [1.82, 2.24) is 15.5 Å². The van der Waals surface area contributed by atoms with Gasteiger partial charge in [0.15, 0.2) is 15.8 Å². The van der Waals surface area contributed by atoms with Gasteiger partial charge < -0.3 is 10.6 Å². The summed E-state index contributed by atoms with van der Waals surface area (Å²) >= 11 is 0. The van der Waals surface area contributed by atoms with Crippen molar-refractivity contribution in [3.63, 3.8) is 0 Å². The Labute approximate surface area is 165 Å². The Kier molecular flexibility index (Phi) is 9.80. The minimum Gasteiger partial charge on any atom is -0.357 e. The lowest BCUT2D eigenvalue weighted by Gasteiger charge is -2.29. The van der Waals surface area contributed by atoms with E-state index in [0.29, 0.717) is 17.0 Å². The van der Waals surface area contributed by atoms with Gasteiger partial charge in [-0.1, -0.05) is 12.1 Å². The van der Waals surface area contributed by atoms with Crippen LogP contribution in [0.15, 0.2) is 34.2 Å². The summed E-state index contributed by atoms with van der Waals surface area (Å²) in [5.41, 5.74) is 1.09. The third kappa shape index (κ3) is 8.75. The van der Waals surface area contributed by atoms with Crippen molar-refractivity contribution in [2.24, 2.45) is 4.99 Å². The van der Waals surface area contributed by atoms with Gasteiger partial charge in [0.2, 0.25) is 0 Å². The van der Waals surface area contributed by atoms with E-state index in [-0.39, 0.29) is 0 Å². The molecule has 154 valence electrons. The highest BCUT2D eigenvalue weighted by Gasteiger charge is 2.12. The molecule has 0 atom stereocenters. The smallest absolute Gasteiger partial charge is 0.191 e. The third-order valence-electron chi connectivity index (χ3n) is 4.36. The minimum atomic E-state index is -3.14. The number of sulfone groups is 1. The van der Waals surface area contributed by atoms with E-state index in [1.54, 1.807) is 12.1 Å². The number of nitrogens with zero attached hydrogens (tertiary/aromatic N) is 2. The van der Waals surface area contributed by atoms with Crippen LogP contribution in [-0.2, 0) is 16.3 Å². The molecular weight excluding hydrogens is 360 g/mol. The molecular formula is C20H36N4O2S. The molecule has 0 radical (unpaired) electrons. The lowest BCUT2D eigenvalue weighted by Crippen LogP contribution is -2.41. The summed E-state index contributed by atoms with van der Waals surface area (Å²) < 4.78 is 23.0. The average Bonchev–Trinajstić information content (AvgIpc) is 2.57.